The highest BCUT2D eigenvalue weighted by Crippen LogP contribution is 2.42. The fourth-order valence-electron chi connectivity index (χ4n) is 3.36. The number of hydrogen-bond acceptors (Lipinski definition) is 2. The van der Waals surface area contributed by atoms with Gasteiger partial charge >= 0.3 is 6.18 Å². The van der Waals surface area contributed by atoms with Crippen LogP contribution in [0.15, 0.2) is 0 Å². The maximum absolute atomic E-state index is 13.1. The zero-order chi connectivity index (χ0) is 15.5. The van der Waals surface area contributed by atoms with Crippen LogP contribution in [0, 0.1) is 11.8 Å². The number of carbonyl (C=O) groups is 1. The van der Waals surface area contributed by atoms with Crippen LogP contribution < -0.4 is 0 Å². The third-order valence-electron chi connectivity index (χ3n) is 4.59. The molecule has 2 fully saturated rings. The summed E-state index contributed by atoms with van der Waals surface area (Å²) < 4.78 is 39.3. The zero-order valence-electron chi connectivity index (χ0n) is 12.0. The lowest BCUT2D eigenvalue weighted by Gasteiger charge is -2.39. The lowest BCUT2D eigenvalue weighted by molar-refractivity contribution is -0.201. The predicted molar refractivity (Wildman–Crippen MR) is 78.3 cm³/mol. The molecule has 1 aliphatic carbocycles. The van der Waals surface area contributed by atoms with Gasteiger partial charge in [-0.25, -0.2) is 0 Å². The van der Waals surface area contributed by atoms with Crippen LogP contribution in [0.25, 0.3) is 0 Å². The van der Waals surface area contributed by atoms with Gasteiger partial charge in [-0.2, -0.15) is 13.2 Å². The summed E-state index contributed by atoms with van der Waals surface area (Å²) in [5.74, 6) is -2.59. The van der Waals surface area contributed by atoms with Crippen LogP contribution in [0.1, 0.15) is 25.7 Å². The summed E-state index contributed by atoms with van der Waals surface area (Å²) in [6, 6.07) is 0. The summed E-state index contributed by atoms with van der Waals surface area (Å²) in [5, 5.41) is 0.875. The SMILES string of the molecule is O=C(C1CCCCC1C(F)(F)F)N1CCN(CCBr)CC1. The Balaban J connectivity index is 1.95. The molecule has 1 amide bonds. The molecule has 1 saturated heterocycles. The number of carbonyl (C=O) groups excluding carboxylic acids is 1. The van der Waals surface area contributed by atoms with Crippen LogP contribution in [0.5, 0.6) is 0 Å². The monoisotopic (exact) mass is 370 g/mol. The third kappa shape index (κ3) is 4.34. The van der Waals surface area contributed by atoms with Crippen molar-refractivity contribution < 1.29 is 18.0 Å². The minimum absolute atomic E-state index is 0.101. The molecule has 0 radical (unpaired) electrons. The molecule has 2 aliphatic rings. The molecule has 7 heteroatoms. The fraction of sp³-hybridized carbons (Fsp3) is 0.929. The van der Waals surface area contributed by atoms with Gasteiger partial charge in [0.05, 0.1) is 5.92 Å². The van der Waals surface area contributed by atoms with E-state index >= 15 is 0 Å². The van der Waals surface area contributed by atoms with Gasteiger partial charge in [0, 0.05) is 44.0 Å². The first kappa shape index (κ1) is 17.1. The van der Waals surface area contributed by atoms with E-state index in [9.17, 15) is 18.0 Å². The van der Waals surface area contributed by atoms with Crippen molar-refractivity contribution in [2.24, 2.45) is 11.8 Å². The Morgan fingerprint density at radius 3 is 2.29 bits per heavy atom. The number of piperazine rings is 1. The average molecular weight is 371 g/mol. The number of nitrogens with zero attached hydrogens (tertiary/aromatic N) is 2. The minimum Gasteiger partial charge on any atom is -0.340 e. The number of alkyl halides is 4. The van der Waals surface area contributed by atoms with Gasteiger partial charge in [0.1, 0.15) is 0 Å². The standard InChI is InChI=1S/C14H22BrF3N2O/c15-5-6-19-7-9-20(10-8-19)13(21)11-3-1-2-4-12(11)14(16,17)18/h11-12H,1-10H2. The van der Waals surface area contributed by atoms with Crippen molar-refractivity contribution in [1.82, 2.24) is 9.80 Å². The topological polar surface area (TPSA) is 23.6 Å². The van der Waals surface area contributed by atoms with Gasteiger partial charge in [-0.15, -0.1) is 0 Å². The van der Waals surface area contributed by atoms with Crippen molar-refractivity contribution in [3.63, 3.8) is 0 Å². The molecule has 0 N–H and O–H groups in total. The van der Waals surface area contributed by atoms with Crippen LogP contribution in [0.3, 0.4) is 0 Å². The highest BCUT2D eigenvalue weighted by atomic mass is 79.9. The second-order valence-electron chi connectivity index (χ2n) is 5.89. The molecule has 2 rings (SSSR count). The molecule has 3 nitrogen and oxygen atoms in total. The molecule has 0 aromatic carbocycles. The van der Waals surface area contributed by atoms with E-state index in [1.54, 1.807) is 4.90 Å². The predicted octanol–water partition coefficient (Wildman–Crippen LogP) is 2.89. The van der Waals surface area contributed by atoms with Crippen LogP contribution in [0.4, 0.5) is 13.2 Å². The first-order valence-electron chi connectivity index (χ1n) is 7.57. The summed E-state index contributed by atoms with van der Waals surface area (Å²) in [6.45, 7) is 3.51. The maximum atomic E-state index is 13.1. The summed E-state index contributed by atoms with van der Waals surface area (Å²) >= 11 is 3.37. The Morgan fingerprint density at radius 2 is 1.71 bits per heavy atom. The summed E-state index contributed by atoms with van der Waals surface area (Å²) in [7, 11) is 0. The Bertz CT molecular complexity index is 357. The first-order chi connectivity index (χ1) is 9.93. The Morgan fingerprint density at radius 1 is 1.10 bits per heavy atom. The van der Waals surface area contributed by atoms with Crippen molar-refractivity contribution in [1.29, 1.82) is 0 Å². The fourth-order valence-corrected chi connectivity index (χ4v) is 3.87. The quantitative estimate of drug-likeness (QED) is 0.713. The average Bonchev–Trinajstić information content (AvgIpc) is 2.47. The minimum atomic E-state index is -4.25. The summed E-state index contributed by atoms with van der Waals surface area (Å²) in [6.07, 6.45) is -2.47. The van der Waals surface area contributed by atoms with E-state index in [0.29, 0.717) is 25.9 Å². The molecule has 1 heterocycles. The van der Waals surface area contributed by atoms with E-state index in [4.69, 9.17) is 0 Å². The Hall–Kier alpha value is -0.300. The summed E-state index contributed by atoms with van der Waals surface area (Å²) in [5.41, 5.74) is 0. The van der Waals surface area contributed by atoms with E-state index < -0.39 is 18.0 Å². The largest absolute Gasteiger partial charge is 0.392 e. The van der Waals surface area contributed by atoms with Crippen molar-refractivity contribution >= 4 is 21.8 Å². The van der Waals surface area contributed by atoms with Gasteiger partial charge in [0.15, 0.2) is 0 Å². The summed E-state index contributed by atoms with van der Waals surface area (Å²) in [4.78, 5) is 16.3. The van der Waals surface area contributed by atoms with Gasteiger partial charge < -0.3 is 4.90 Å². The molecule has 0 aromatic heterocycles. The normalized spacial score (nSPS) is 28.7. The van der Waals surface area contributed by atoms with E-state index in [1.165, 1.54) is 0 Å². The maximum Gasteiger partial charge on any atom is 0.392 e. The molecule has 2 atom stereocenters. The molecule has 0 spiro atoms. The van der Waals surface area contributed by atoms with Gasteiger partial charge in [-0.1, -0.05) is 28.8 Å². The zero-order valence-corrected chi connectivity index (χ0v) is 13.6. The van der Waals surface area contributed by atoms with Crippen molar-refractivity contribution in [3.8, 4) is 0 Å². The van der Waals surface area contributed by atoms with Crippen LogP contribution >= 0.6 is 15.9 Å². The molecule has 0 aromatic rings. The van der Waals surface area contributed by atoms with Crippen molar-refractivity contribution in [2.75, 3.05) is 38.1 Å². The van der Waals surface area contributed by atoms with Crippen molar-refractivity contribution in [2.45, 2.75) is 31.9 Å². The molecule has 122 valence electrons. The molecule has 21 heavy (non-hydrogen) atoms. The number of halogens is 4. The van der Waals surface area contributed by atoms with E-state index in [1.807, 2.05) is 0 Å². The second-order valence-corrected chi connectivity index (χ2v) is 6.69. The van der Waals surface area contributed by atoms with Gasteiger partial charge in [0.2, 0.25) is 5.91 Å². The smallest absolute Gasteiger partial charge is 0.340 e. The highest BCUT2D eigenvalue weighted by Gasteiger charge is 2.49. The van der Waals surface area contributed by atoms with Gasteiger partial charge in [-0.05, 0) is 12.8 Å². The van der Waals surface area contributed by atoms with Gasteiger partial charge in [-0.3, -0.25) is 9.69 Å². The van der Waals surface area contributed by atoms with Crippen LogP contribution in [-0.4, -0.2) is 59.9 Å². The molecule has 2 unspecified atom stereocenters. The number of amides is 1. The van der Waals surface area contributed by atoms with Crippen LogP contribution in [0.2, 0.25) is 0 Å². The highest BCUT2D eigenvalue weighted by molar-refractivity contribution is 9.09. The second kappa shape index (κ2) is 7.31. The van der Waals surface area contributed by atoms with E-state index in [2.05, 4.69) is 20.8 Å². The Labute approximate surface area is 132 Å². The molecular formula is C14H22BrF3N2O. The lowest BCUT2D eigenvalue weighted by atomic mass is 9.78. The first-order valence-corrected chi connectivity index (χ1v) is 8.69. The lowest BCUT2D eigenvalue weighted by Crippen LogP contribution is -2.52. The molecular weight excluding hydrogens is 349 g/mol. The third-order valence-corrected chi connectivity index (χ3v) is 4.94. The van der Waals surface area contributed by atoms with E-state index in [0.717, 1.165) is 31.4 Å². The van der Waals surface area contributed by atoms with Crippen LogP contribution in [-0.2, 0) is 4.79 Å². The number of rotatable bonds is 3. The molecule has 1 aliphatic heterocycles. The Kier molecular flexibility index (Phi) is 5.94. The van der Waals surface area contributed by atoms with Crippen molar-refractivity contribution in [3.05, 3.63) is 0 Å². The van der Waals surface area contributed by atoms with Gasteiger partial charge in [0.25, 0.3) is 0 Å². The van der Waals surface area contributed by atoms with E-state index in [-0.39, 0.29) is 12.3 Å². The molecule has 0 bridgehead atoms. The molecule has 1 saturated carbocycles. The number of hydrogen-bond donors (Lipinski definition) is 0.